The van der Waals surface area contributed by atoms with Crippen LogP contribution in [-0.4, -0.2) is 48.3 Å². The SMILES string of the molecule is CCC(C)C(N)C(=O)N(CC)Cc1ccc(C(=O)N(C)C)cc1.Cl. The number of nitrogens with two attached hydrogens (primary N) is 1. The summed E-state index contributed by atoms with van der Waals surface area (Å²) in [6.45, 7) is 7.11. The molecule has 0 aliphatic carbocycles. The molecule has 0 heterocycles. The van der Waals surface area contributed by atoms with Gasteiger partial charge in [-0.25, -0.2) is 0 Å². The first-order valence-corrected chi connectivity index (χ1v) is 8.16. The molecule has 2 amide bonds. The molecule has 5 nitrogen and oxygen atoms in total. The number of carbonyl (C=O) groups is 2. The van der Waals surface area contributed by atoms with Crippen LogP contribution < -0.4 is 5.73 Å². The number of likely N-dealkylation sites (N-methyl/N-ethyl adjacent to an activating group) is 1. The molecule has 1 aromatic carbocycles. The first kappa shape index (κ1) is 22.4. The van der Waals surface area contributed by atoms with E-state index in [1.807, 2.05) is 32.9 Å². The van der Waals surface area contributed by atoms with Crippen LogP contribution in [0.15, 0.2) is 24.3 Å². The van der Waals surface area contributed by atoms with Crippen molar-refractivity contribution in [1.82, 2.24) is 9.80 Å². The van der Waals surface area contributed by atoms with E-state index in [1.165, 1.54) is 0 Å². The third kappa shape index (κ3) is 5.80. The lowest BCUT2D eigenvalue weighted by Gasteiger charge is -2.27. The standard InChI is InChI=1S/C18H29N3O2.ClH/c1-6-13(3)16(19)18(23)21(7-2)12-14-8-10-15(11-9-14)17(22)20(4)5;/h8-11,13,16H,6-7,12,19H2,1-5H3;1H. The zero-order valence-electron chi connectivity index (χ0n) is 15.3. The Morgan fingerprint density at radius 1 is 1.12 bits per heavy atom. The van der Waals surface area contributed by atoms with E-state index in [1.54, 1.807) is 36.0 Å². The fourth-order valence-electron chi connectivity index (χ4n) is 2.29. The smallest absolute Gasteiger partial charge is 0.253 e. The van der Waals surface area contributed by atoms with E-state index in [4.69, 9.17) is 5.73 Å². The summed E-state index contributed by atoms with van der Waals surface area (Å²) in [5, 5.41) is 0. The first-order valence-electron chi connectivity index (χ1n) is 8.16. The Bertz CT molecular complexity index is 532. The second kappa shape index (κ2) is 10.3. The third-order valence-electron chi connectivity index (χ3n) is 4.22. The molecule has 1 aromatic rings. The van der Waals surface area contributed by atoms with E-state index in [-0.39, 0.29) is 30.1 Å². The van der Waals surface area contributed by atoms with E-state index in [0.29, 0.717) is 18.7 Å². The summed E-state index contributed by atoms with van der Waals surface area (Å²) in [6, 6.07) is 6.91. The second-order valence-electron chi connectivity index (χ2n) is 6.16. The van der Waals surface area contributed by atoms with Gasteiger partial charge >= 0.3 is 0 Å². The molecule has 0 saturated carbocycles. The Morgan fingerprint density at radius 2 is 1.67 bits per heavy atom. The number of halogens is 1. The average Bonchev–Trinajstić information content (AvgIpc) is 2.57. The molecule has 24 heavy (non-hydrogen) atoms. The Labute approximate surface area is 151 Å². The van der Waals surface area contributed by atoms with Crippen LogP contribution in [0.1, 0.15) is 43.1 Å². The summed E-state index contributed by atoms with van der Waals surface area (Å²) >= 11 is 0. The van der Waals surface area contributed by atoms with Crippen molar-refractivity contribution in [2.75, 3.05) is 20.6 Å². The van der Waals surface area contributed by atoms with Gasteiger partial charge in [0.15, 0.2) is 0 Å². The van der Waals surface area contributed by atoms with Crippen molar-refractivity contribution in [3.63, 3.8) is 0 Å². The van der Waals surface area contributed by atoms with E-state index in [2.05, 4.69) is 0 Å². The van der Waals surface area contributed by atoms with Gasteiger partial charge in [-0.3, -0.25) is 9.59 Å². The van der Waals surface area contributed by atoms with Gasteiger partial charge in [-0.1, -0.05) is 32.4 Å². The summed E-state index contributed by atoms with van der Waals surface area (Å²) < 4.78 is 0. The van der Waals surface area contributed by atoms with Gasteiger partial charge in [-0.15, -0.1) is 12.4 Å². The van der Waals surface area contributed by atoms with Gasteiger partial charge < -0.3 is 15.5 Å². The molecule has 0 aromatic heterocycles. The van der Waals surface area contributed by atoms with Gasteiger partial charge in [0.05, 0.1) is 6.04 Å². The van der Waals surface area contributed by atoms with Crippen LogP contribution in [0, 0.1) is 5.92 Å². The Kier molecular flexibility index (Phi) is 9.63. The number of hydrogen-bond donors (Lipinski definition) is 1. The molecule has 0 bridgehead atoms. The van der Waals surface area contributed by atoms with E-state index >= 15 is 0 Å². The predicted octanol–water partition coefficient (Wildman–Crippen LogP) is 2.53. The van der Waals surface area contributed by atoms with Gasteiger partial charge in [-0.05, 0) is 30.5 Å². The minimum Gasteiger partial charge on any atom is -0.345 e. The first-order chi connectivity index (χ1) is 10.8. The quantitative estimate of drug-likeness (QED) is 0.817. The van der Waals surface area contributed by atoms with Crippen LogP contribution in [0.5, 0.6) is 0 Å². The fraction of sp³-hybridized carbons (Fsp3) is 0.556. The fourth-order valence-corrected chi connectivity index (χ4v) is 2.29. The highest BCUT2D eigenvalue weighted by Crippen LogP contribution is 2.13. The van der Waals surface area contributed by atoms with Crippen LogP contribution in [0.25, 0.3) is 0 Å². The molecule has 0 saturated heterocycles. The monoisotopic (exact) mass is 355 g/mol. The lowest BCUT2D eigenvalue weighted by Crippen LogP contribution is -2.46. The molecule has 1 rings (SSSR count). The maximum absolute atomic E-state index is 12.5. The Morgan fingerprint density at radius 3 is 2.08 bits per heavy atom. The van der Waals surface area contributed by atoms with Crippen LogP contribution in [0.4, 0.5) is 0 Å². The van der Waals surface area contributed by atoms with Gasteiger partial charge in [-0.2, -0.15) is 0 Å². The van der Waals surface area contributed by atoms with Gasteiger partial charge in [0.25, 0.3) is 5.91 Å². The maximum Gasteiger partial charge on any atom is 0.253 e. The summed E-state index contributed by atoms with van der Waals surface area (Å²) in [4.78, 5) is 27.7. The van der Waals surface area contributed by atoms with Crippen molar-refractivity contribution in [3.05, 3.63) is 35.4 Å². The highest BCUT2D eigenvalue weighted by Gasteiger charge is 2.24. The second-order valence-corrected chi connectivity index (χ2v) is 6.16. The van der Waals surface area contributed by atoms with Gasteiger partial charge in [0, 0.05) is 32.7 Å². The van der Waals surface area contributed by atoms with Crippen molar-refractivity contribution in [2.24, 2.45) is 11.7 Å². The summed E-state index contributed by atoms with van der Waals surface area (Å²) in [5.74, 6) is 0.116. The minimum absolute atomic E-state index is 0. The summed E-state index contributed by atoms with van der Waals surface area (Å²) in [6.07, 6.45) is 0.881. The molecule has 0 aliphatic rings. The normalized spacial score (nSPS) is 12.8. The van der Waals surface area contributed by atoms with Gasteiger partial charge in [0.2, 0.25) is 5.91 Å². The molecule has 2 atom stereocenters. The number of amides is 2. The van der Waals surface area contributed by atoms with Crippen LogP contribution >= 0.6 is 12.4 Å². The zero-order chi connectivity index (χ0) is 17.6. The molecular weight excluding hydrogens is 326 g/mol. The number of carbonyl (C=O) groups excluding carboxylic acids is 2. The predicted molar refractivity (Wildman–Crippen MR) is 100 cm³/mol. The lowest BCUT2D eigenvalue weighted by atomic mass is 9.98. The maximum atomic E-state index is 12.5. The molecule has 2 unspecified atom stereocenters. The molecule has 0 fully saturated rings. The van der Waals surface area contributed by atoms with Crippen LogP contribution in [-0.2, 0) is 11.3 Å². The number of hydrogen-bond acceptors (Lipinski definition) is 3. The van der Waals surface area contributed by atoms with Crippen LogP contribution in [0.3, 0.4) is 0 Å². The van der Waals surface area contributed by atoms with Crippen molar-refractivity contribution in [2.45, 2.75) is 39.8 Å². The van der Waals surface area contributed by atoms with E-state index < -0.39 is 6.04 Å². The van der Waals surface area contributed by atoms with Crippen LogP contribution in [0.2, 0.25) is 0 Å². The molecular formula is C18H30ClN3O2. The largest absolute Gasteiger partial charge is 0.345 e. The lowest BCUT2D eigenvalue weighted by molar-refractivity contribution is -0.134. The molecule has 0 radical (unpaired) electrons. The summed E-state index contributed by atoms with van der Waals surface area (Å²) in [5.41, 5.74) is 7.69. The van der Waals surface area contributed by atoms with Crippen molar-refractivity contribution >= 4 is 24.2 Å². The van der Waals surface area contributed by atoms with E-state index in [9.17, 15) is 9.59 Å². The highest BCUT2D eigenvalue weighted by atomic mass is 35.5. The van der Waals surface area contributed by atoms with Crippen molar-refractivity contribution in [1.29, 1.82) is 0 Å². The number of benzene rings is 1. The molecule has 2 N–H and O–H groups in total. The topological polar surface area (TPSA) is 66.6 Å². The number of rotatable bonds is 7. The molecule has 136 valence electrons. The third-order valence-corrected chi connectivity index (χ3v) is 4.22. The number of nitrogens with zero attached hydrogens (tertiary/aromatic N) is 2. The minimum atomic E-state index is -0.463. The molecule has 0 aliphatic heterocycles. The van der Waals surface area contributed by atoms with Crippen molar-refractivity contribution < 1.29 is 9.59 Å². The zero-order valence-corrected chi connectivity index (χ0v) is 16.1. The Hall–Kier alpha value is -1.59. The van der Waals surface area contributed by atoms with Crippen molar-refractivity contribution in [3.8, 4) is 0 Å². The van der Waals surface area contributed by atoms with Gasteiger partial charge in [0.1, 0.15) is 0 Å². The average molecular weight is 356 g/mol. The summed E-state index contributed by atoms with van der Waals surface area (Å²) in [7, 11) is 3.45. The molecule has 6 heteroatoms. The molecule has 0 spiro atoms. The van der Waals surface area contributed by atoms with E-state index in [0.717, 1.165) is 12.0 Å². The Balaban J connectivity index is 0.00000529. The highest BCUT2D eigenvalue weighted by molar-refractivity contribution is 5.93.